The van der Waals surface area contributed by atoms with E-state index in [-0.39, 0.29) is 5.41 Å². The summed E-state index contributed by atoms with van der Waals surface area (Å²) in [4.78, 5) is 11.3. The number of hydrogen-bond acceptors (Lipinski definition) is 2. The molecule has 0 saturated heterocycles. The first-order valence-corrected chi connectivity index (χ1v) is 5.05. The van der Waals surface area contributed by atoms with E-state index in [1.807, 2.05) is 13.8 Å². The summed E-state index contributed by atoms with van der Waals surface area (Å²) in [5.41, 5.74) is -0.941. The van der Waals surface area contributed by atoms with Crippen LogP contribution < -0.4 is 5.32 Å². The van der Waals surface area contributed by atoms with Crippen molar-refractivity contribution in [1.29, 1.82) is 0 Å². The van der Waals surface area contributed by atoms with Crippen molar-refractivity contribution >= 4 is 5.97 Å². The third-order valence-electron chi connectivity index (χ3n) is 3.42. The molecule has 1 rings (SSSR count). The summed E-state index contributed by atoms with van der Waals surface area (Å²) in [5.74, 6) is -0.734. The minimum atomic E-state index is -0.763. The molecule has 2 N–H and O–H groups in total. The summed E-state index contributed by atoms with van der Waals surface area (Å²) in [7, 11) is 0. The second-order valence-corrected chi connectivity index (χ2v) is 4.62. The number of carbonyl (C=O) groups is 1. The average molecular weight is 197 g/mol. The Kier molecular flexibility index (Phi) is 3.00. The van der Waals surface area contributed by atoms with Crippen molar-refractivity contribution in [2.75, 3.05) is 6.54 Å². The molecule has 0 amide bonds. The molecule has 1 atom stereocenters. The van der Waals surface area contributed by atoms with Crippen molar-refractivity contribution < 1.29 is 9.90 Å². The molecule has 0 spiro atoms. The highest BCUT2D eigenvalue weighted by molar-refractivity contribution is 5.80. The van der Waals surface area contributed by atoms with Crippen LogP contribution in [0.1, 0.15) is 33.1 Å². The van der Waals surface area contributed by atoms with Crippen molar-refractivity contribution in [3.8, 4) is 0 Å². The van der Waals surface area contributed by atoms with Crippen molar-refractivity contribution in [1.82, 2.24) is 5.32 Å². The molecule has 0 aromatic carbocycles. The molecular weight excluding hydrogens is 178 g/mol. The smallest absolute Gasteiger partial charge is 0.324 e. The molecule has 0 aliphatic heterocycles. The third kappa shape index (κ3) is 1.57. The maximum absolute atomic E-state index is 11.3. The second kappa shape index (κ2) is 3.73. The molecule has 1 fully saturated rings. The number of rotatable bonds is 4. The van der Waals surface area contributed by atoms with Gasteiger partial charge in [0, 0.05) is 6.54 Å². The maximum atomic E-state index is 11.3. The van der Waals surface area contributed by atoms with Gasteiger partial charge in [-0.3, -0.25) is 10.1 Å². The van der Waals surface area contributed by atoms with Gasteiger partial charge in [-0.15, -0.1) is 6.58 Å². The summed E-state index contributed by atoms with van der Waals surface area (Å²) in [5, 5.41) is 12.4. The van der Waals surface area contributed by atoms with Crippen LogP contribution in [0.3, 0.4) is 0 Å². The second-order valence-electron chi connectivity index (χ2n) is 4.62. The van der Waals surface area contributed by atoms with E-state index in [4.69, 9.17) is 0 Å². The Balaban J connectivity index is 2.91. The summed E-state index contributed by atoms with van der Waals surface area (Å²) < 4.78 is 0. The van der Waals surface area contributed by atoms with E-state index in [1.54, 1.807) is 6.08 Å². The van der Waals surface area contributed by atoms with Crippen LogP contribution in [0.4, 0.5) is 0 Å². The highest BCUT2D eigenvalue weighted by Gasteiger charge is 2.53. The van der Waals surface area contributed by atoms with Gasteiger partial charge in [-0.05, 0) is 18.3 Å². The number of aliphatic carboxylic acids is 1. The Hall–Kier alpha value is -0.830. The molecule has 14 heavy (non-hydrogen) atoms. The minimum Gasteiger partial charge on any atom is -0.480 e. The molecule has 1 aliphatic carbocycles. The Morgan fingerprint density at radius 1 is 1.57 bits per heavy atom. The Labute approximate surface area is 85.2 Å². The topological polar surface area (TPSA) is 49.3 Å². The summed E-state index contributed by atoms with van der Waals surface area (Å²) >= 11 is 0. The third-order valence-corrected chi connectivity index (χ3v) is 3.42. The summed E-state index contributed by atoms with van der Waals surface area (Å²) in [6.07, 6.45) is 4.36. The van der Waals surface area contributed by atoms with Crippen LogP contribution in [0.15, 0.2) is 12.7 Å². The quantitative estimate of drug-likeness (QED) is 0.676. The van der Waals surface area contributed by atoms with Gasteiger partial charge in [0.1, 0.15) is 5.54 Å². The molecule has 1 aliphatic rings. The van der Waals surface area contributed by atoms with E-state index < -0.39 is 11.5 Å². The minimum absolute atomic E-state index is 0.179. The first-order valence-electron chi connectivity index (χ1n) is 5.05. The van der Waals surface area contributed by atoms with Gasteiger partial charge in [-0.2, -0.15) is 0 Å². The molecule has 3 heteroatoms. The normalized spacial score (nSPS) is 30.1. The Morgan fingerprint density at radius 3 is 2.57 bits per heavy atom. The van der Waals surface area contributed by atoms with E-state index >= 15 is 0 Å². The van der Waals surface area contributed by atoms with Crippen LogP contribution in [0, 0.1) is 5.41 Å². The summed E-state index contributed by atoms with van der Waals surface area (Å²) in [6.45, 7) is 8.19. The van der Waals surface area contributed by atoms with E-state index in [0.717, 1.165) is 12.8 Å². The highest BCUT2D eigenvalue weighted by Crippen LogP contribution is 2.46. The van der Waals surface area contributed by atoms with Crippen molar-refractivity contribution in [3.63, 3.8) is 0 Å². The highest BCUT2D eigenvalue weighted by atomic mass is 16.4. The van der Waals surface area contributed by atoms with Gasteiger partial charge in [0.05, 0.1) is 0 Å². The van der Waals surface area contributed by atoms with Gasteiger partial charge < -0.3 is 5.11 Å². The molecule has 0 bridgehead atoms. The van der Waals surface area contributed by atoms with Gasteiger partial charge in [-0.1, -0.05) is 26.3 Å². The SMILES string of the molecule is C=CCNC1(C(=O)O)CCCC1(C)C. The fourth-order valence-corrected chi connectivity index (χ4v) is 2.39. The lowest BCUT2D eigenvalue weighted by atomic mass is 9.75. The van der Waals surface area contributed by atoms with Gasteiger partial charge in [0.25, 0.3) is 0 Å². The zero-order chi connectivity index (χ0) is 10.8. The van der Waals surface area contributed by atoms with E-state index in [0.29, 0.717) is 13.0 Å². The van der Waals surface area contributed by atoms with Crippen LogP contribution in [-0.4, -0.2) is 23.2 Å². The molecule has 1 unspecified atom stereocenters. The number of nitrogens with one attached hydrogen (secondary N) is 1. The lowest BCUT2D eigenvalue weighted by Crippen LogP contribution is -2.58. The van der Waals surface area contributed by atoms with Crippen LogP contribution in [-0.2, 0) is 4.79 Å². The Bertz CT molecular complexity index is 248. The lowest BCUT2D eigenvalue weighted by molar-refractivity contribution is -0.149. The first kappa shape index (κ1) is 11.2. The molecule has 0 aromatic rings. The number of hydrogen-bond donors (Lipinski definition) is 2. The molecule has 3 nitrogen and oxygen atoms in total. The molecule has 0 heterocycles. The monoisotopic (exact) mass is 197 g/mol. The first-order chi connectivity index (χ1) is 6.46. The number of carboxylic acid groups (broad SMARTS) is 1. The van der Waals surface area contributed by atoms with Gasteiger partial charge in [0.15, 0.2) is 0 Å². The van der Waals surface area contributed by atoms with Crippen molar-refractivity contribution in [3.05, 3.63) is 12.7 Å². The number of carboxylic acids is 1. The largest absolute Gasteiger partial charge is 0.480 e. The standard InChI is InChI=1S/C11H19NO2/c1-4-8-12-11(9(13)14)7-5-6-10(11,2)3/h4,12H,1,5-8H2,2-3H3,(H,13,14). The fourth-order valence-electron chi connectivity index (χ4n) is 2.39. The van der Waals surface area contributed by atoms with E-state index in [1.165, 1.54) is 0 Å². The summed E-state index contributed by atoms with van der Waals surface area (Å²) in [6, 6.07) is 0. The van der Waals surface area contributed by atoms with Gasteiger partial charge in [-0.25, -0.2) is 0 Å². The van der Waals surface area contributed by atoms with Crippen LogP contribution in [0.25, 0.3) is 0 Å². The van der Waals surface area contributed by atoms with Gasteiger partial charge >= 0.3 is 5.97 Å². The molecule has 0 aromatic heterocycles. The predicted molar refractivity (Wildman–Crippen MR) is 56.2 cm³/mol. The molecule has 1 saturated carbocycles. The maximum Gasteiger partial charge on any atom is 0.324 e. The van der Waals surface area contributed by atoms with E-state index in [2.05, 4.69) is 11.9 Å². The van der Waals surface area contributed by atoms with Crippen LogP contribution >= 0.6 is 0 Å². The predicted octanol–water partition coefficient (Wildman–Crippen LogP) is 1.80. The molecular formula is C11H19NO2. The fraction of sp³-hybridized carbons (Fsp3) is 0.727. The average Bonchev–Trinajstić information content (AvgIpc) is 2.38. The Morgan fingerprint density at radius 2 is 2.21 bits per heavy atom. The zero-order valence-corrected chi connectivity index (χ0v) is 8.97. The van der Waals surface area contributed by atoms with Crippen LogP contribution in [0.5, 0.6) is 0 Å². The van der Waals surface area contributed by atoms with Crippen molar-refractivity contribution in [2.24, 2.45) is 5.41 Å². The van der Waals surface area contributed by atoms with Gasteiger partial charge in [0.2, 0.25) is 0 Å². The molecule has 80 valence electrons. The molecule has 0 radical (unpaired) electrons. The van der Waals surface area contributed by atoms with Crippen LogP contribution in [0.2, 0.25) is 0 Å². The zero-order valence-electron chi connectivity index (χ0n) is 8.97. The van der Waals surface area contributed by atoms with E-state index in [9.17, 15) is 9.90 Å². The van der Waals surface area contributed by atoms with Crippen molar-refractivity contribution in [2.45, 2.75) is 38.6 Å². The lowest BCUT2D eigenvalue weighted by Gasteiger charge is -2.38.